The number of nitrogens with zero attached hydrogens (tertiary/aromatic N) is 2. The predicted octanol–water partition coefficient (Wildman–Crippen LogP) is 3.72. The lowest BCUT2D eigenvalue weighted by Gasteiger charge is -2.49. The summed E-state index contributed by atoms with van der Waals surface area (Å²) >= 11 is 0. The molecule has 1 aromatic heterocycles. The van der Waals surface area contributed by atoms with E-state index in [1.165, 1.54) is 24.3 Å². The second-order valence-electron chi connectivity index (χ2n) is 8.25. The van der Waals surface area contributed by atoms with Gasteiger partial charge in [-0.2, -0.15) is 0 Å². The van der Waals surface area contributed by atoms with Crippen LogP contribution in [0, 0.1) is 5.82 Å². The fourth-order valence-electron chi connectivity index (χ4n) is 4.23. The molecule has 3 unspecified atom stereocenters. The summed E-state index contributed by atoms with van der Waals surface area (Å²) in [6.45, 7) is 3.08. The van der Waals surface area contributed by atoms with Crippen molar-refractivity contribution in [3.05, 3.63) is 102 Å². The van der Waals surface area contributed by atoms with E-state index in [0.717, 1.165) is 11.1 Å². The number of hydrogen-bond acceptors (Lipinski definition) is 4. The van der Waals surface area contributed by atoms with Gasteiger partial charge in [-0.25, -0.2) is 4.39 Å². The second kappa shape index (κ2) is 8.96. The molecule has 0 spiro atoms. The summed E-state index contributed by atoms with van der Waals surface area (Å²) in [5.74, 6) is -0.736. The minimum atomic E-state index is -1.11. The van der Waals surface area contributed by atoms with Gasteiger partial charge in [0.05, 0.1) is 17.7 Å². The molecule has 3 atom stereocenters. The van der Waals surface area contributed by atoms with Crippen LogP contribution in [0.2, 0.25) is 0 Å². The number of piperidine rings is 1. The average Bonchev–Trinajstić information content (AvgIpc) is 2.78. The Bertz CT molecular complexity index is 1010. The molecule has 2 aromatic carbocycles. The molecule has 0 saturated carbocycles. The van der Waals surface area contributed by atoms with Crippen LogP contribution in [-0.4, -0.2) is 39.1 Å². The highest BCUT2D eigenvalue weighted by atomic mass is 19.1. The molecule has 0 aliphatic carbocycles. The highest BCUT2D eigenvalue weighted by Crippen LogP contribution is 2.38. The first-order valence-corrected chi connectivity index (χ1v) is 10.4. The first-order valence-electron chi connectivity index (χ1n) is 10.4. The van der Waals surface area contributed by atoms with Crippen LogP contribution in [-0.2, 0) is 6.54 Å². The molecule has 160 valence electrons. The zero-order valence-corrected chi connectivity index (χ0v) is 17.4. The van der Waals surface area contributed by atoms with Crippen molar-refractivity contribution in [1.82, 2.24) is 15.2 Å². The minimum absolute atomic E-state index is 0.241. The minimum Gasteiger partial charge on any atom is -0.388 e. The molecule has 1 aliphatic heterocycles. The Balaban J connectivity index is 1.67. The average molecular weight is 420 g/mol. The van der Waals surface area contributed by atoms with Gasteiger partial charge in [0.25, 0.3) is 5.91 Å². The normalized spacial score (nSPS) is 24.0. The molecule has 0 radical (unpaired) electrons. The Kier molecular flexibility index (Phi) is 6.11. The monoisotopic (exact) mass is 419 g/mol. The number of nitrogens with one attached hydrogen (secondary N) is 1. The van der Waals surface area contributed by atoms with E-state index >= 15 is 0 Å². The molecule has 1 saturated heterocycles. The third kappa shape index (κ3) is 4.81. The molecule has 0 bridgehead atoms. The van der Waals surface area contributed by atoms with Gasteiger partial charge in [-0.3, -0.25) is 14.7 Å². The largest absolute Gasteiger partial charge is 0.388 e. The number of halogens is 1. The van der Waals surface area contributed by atoms with Gasteiger partial charge >= 0.3 is 0 Å². The zero-order valence-electron chi connectivity index (χ0n) is 17.4. The fourth-order valence-corrected chi connectivity index (χ4v) is 4.23. The Morgan fingerprint density at radius 1 is 1.16 bits per heavy atom. The van der Waals surface area contributed by atoms with Gasteiger partial charge in [0.1, 0.15) is 5.82 Å². The van der Waals surface area contributed by atoms with Crippen LogP contribution in [0.3, 0.4) is 0 Å². The number of rotatable bonds is 5. The Labute approximate surface area is 181 Å². The molecule has 31 heavy (non-hydrogen) atoms. The van der Waals surface area contributed by atoms with Crippen LogP contribution in [0.15, 0.2) is 79.1 Å². The van der Waals surface area contributed by atoms with E-state index in [-0.39, 0.29) is 11.9 Å². The quantitative estimate of drug-likeness (QED) is 0.662. The lowest BCUT2D eigenvalue weighted by atomic mass is 9.79. The maximum absolute atomic E-state index is 13.3. The van der Waals surface area contributed by atoms with Crippen LogP contribution >= 0.6 is 0 Å². The van der Waals surface area contributed by atoms with Gasteiger partial charge in [-0.1, -0.05) is 36.4 Å². The van der Waals surface area contributed by atoms with E-state index in [4.69, 9.17) is 0 Å². The maximum Gasteiger partial charge on any atom is 0.251 e. The van der Waals surface area contributed by atoms with Crippen molar-refractivity contribution in [3.63, 3.8) is 0 Å². The summed E-state index contributed by atoms with van der Waals surface area (Å²) < 4.78 is 13.3. The third-order valence-electron chi connectivity index (χ3n) is 5.93. The summed E-state index contributed by atoms with van der Waals surface area (Å²) in [6.07, 6.45) is 4.08. The molecule has 5 nitrogen and oxygen atoms in total. The smallest absolute Gasteiger partial charge is 0.251 e. The number of aromatic nitrogens is 1. The molecular formula is C25H26FN3O2. The molecule has 3 aromatic rings. The summed E-state index contributed by atoms with van der Waals surface area (Å²) in [5.41, 5.74) is 1.32. The van der Waals surface area contributed by atoms with E-state index in [2.05, 4.69) is 15.2 Å². The van der Waals surface area contributed by atoms with Crippen molar-refractivity contribution < 1.29 is 14.3 Å². The van der Waals surface area contributed by atoms with Crippen LogP contribution in [0.5, 0.6) is 0 Å². The number of carbonyl (C=O) groups is 1. The zero-order chi connectivity index (χ0) is 21.8. The number of likely N-dealkylation sites (tertiary alicyclic amines) is 1. The van der Waals surface area contributed by atoms with E-state index in [9.17, 15) is 14.3 Å². The summed E-state index contributed by atoms with van der Waals surface area (Å²) in [6, 6.07) is 18.4. The number of amides is 1. The van der Waals surface area contributed by atoms with Gasteiger partial charge in [0, 0.05) is 31.0 Å². The highest BCUT2D eigenvalue weighted by Gasteiger charge is 2.46. The van der Waals surface area contributed by atoms with Gasteiger partial charge in [0.15, 0.2) is 0 Å². The van der Waals surface area contributed by atoms with E-state index in [0.29, 0.717) is 25.1 Å². The molecule has 1 aliphatic rings. The van der Waals surface area contributed by atoms with Crippen molar-refractivity contribution in [2.45, 2.75) is 37.6 Å². The maximum atomic E-state index is 13.3. The van der Waals surface area contributed by atoms with Crippen molar-refractivity contribution in [3.8, 4) is 0 Å². The summed E-state index contributed by atoms with van der Waals surface area (Å²) in [4.78, 5) is 19.5. The number of aliphatic hydroxyl groups is 1. The van der Waals surface area contributed by atoms with Crippen molar-refractivity contribution in [1.29, 1.82) is 0 Å². The van der Waals surface area contributed by atoms with Crippen LogP contribution in [0.25, 0.3) is 0 Å². The molecule has 6 heteroatoms. The topological polar surface area (TPSA) is 65.5 Å². The number of benzene rings is 2. The lowest BCUT2D eigenvalue weighted by molar-refractivity contribution is -0.0665. The first-order chi connectivity index (χ1) is 14.9. The van der Waals surface area contributed by atoms with Gasteiger partial charge < -0.3 is 10.4 Å². The van der Waals surface area contributed by atoms with Crippen molar-refractivity contribution in [2.75, 3.05) is 6.54 Å². The van der Waals surface area contributed by atoms with Crippen LogP contribution < -0.4 is 5.32 Å². The SMILES string of the molecule is CC1(O)CCN(Cc2cccnc2)C(c2ccccc2)C1NC(=O)c1ccc(F)cc1. The Hall–Kier alpha value is -3.09. The van der Waals surface area contributed by atoms with Crippen LogP contribution in [0.1, 0.15) is 40.9 Å². The third-order valence-corrected chi connectivity index (χ3v) is 5.93. The number of carbonyl (C=O) groups excluding carboxylic acids is 1. The van der Waals surface area contributed by atoms with E-state index in [1.807, 2.05) is 48.7 Å². The predicted molar refractivity (Wildman–Crippen MR) is 117 cm³/mol. The summed E-state index contributed by atoms with van der Waals surface area (Å²) in [5, 5.41) is 14.3. The second-order valence-corrected chi connectivity index (χ2v) is 8.25. The van der Waals surface area contributed by atoms with Gasteiger partial charge in [0.2, 0.25) is 0 Å². The molecule has 4 rings (SSSR count). The van der Waals surface area contributed by atoms with Crippen LogP contribution in [0.4, 0.5) is 4.39 Å². The summed E-state index contributed by atoms with van der Waals surface area (Å²) in [7, 11) is 0. The lowest BCUT2D eigenvalue weighted by Crippen LogP contribution is -2.62. The van der Waals surface area contributed by atoms with E-state index < -0.39 is 17.5 Å². The first kappa shape index (κ1) is 21.2. The Morgan fingerprint density at radius 3 is 2.58 bits per heavy atom. The molecule has 1 amide bonds. The van der Waals surface area contributed by atoms with Crippen molar-refractivity contribution in [2.24, 2.45) is 0 Å². The van der Waals surface area contributed by atoms with Crippen molar-refractivity contribution >= 4 is 5.91 Å². The van der Waals surface area contributed by atoms with Gasteiger partial charge in [-0.05, 0) is 54.8 Å². The molecule has 2 N–H and O–H groups in total. The molecule has 1 fully saturated rings. The highest BCUT2D eigenvalue weighted by molar-refractivity contribution is 5.94. The molecule has 2 heterocycles. The molecular weight excluding hydrogens is 393 g/mol. The fraction of sp³-hybridized carbons (Fsp3) is 0.280. The number of pyridine rings is 1. The Morgan fingerprint density at radius 2 is 1.90 bits per heavy atom. The standard InChI is InChI=1S/C25H26FN3O2/c1-25(31)13-15-29(17-18-6-5-14-27-16-18)22(19-7-3-2-4-8-19)23(25)28-24(30)20-9-11-21(26)12-10-20/h2-12,14,16,22-23,31H,13,15,17H2,1H3,(H,28,30). The van der Waals surface area contributed by atoms with E-state index in [1.54, 1.807) is 13.1 Å². The van der Waals surface area contributed by atoms with Gasteiger partial charge in [-0.15, -0.1) is 0 Å². The number of hydrogen-bond donors (Lipinski definition) is 2.